The highest BCUT2D eigenvalue weighted by atomic mass is 16.5. The number of hydrogen-bond acceptors (Lipinski definition) is 12. The van der Waals surface area contributed by atoms with Crippen molar-refractivity contribution >= 4 is 46.7 Å². The Morgan fingerprint density at radius 2 is 1.43 bits per heavy atom. The molecule has 2 aromatic heterocycles. The standard InChI is InChI=1S/C51H62N12O5/c1-53-49(65)44(8-5-31-64)62-33-36-32-40(11-14-43(36)50(62)66)58-21-15-38(16-22-58)59-27-29-61(30-28-59)51(67)60-25-17-37(18-26-60)57-23-19-39(20-24-57)63-48-45(47(52)54-34-55-48)46(56-63)35-9-12-42(13-10-35)68-41-6-3-2-4-7-41/h2-4,6-7,9-14,31-32,34,37-39,44H,5,8,15-30,33H2,1H3,(H,53,65)(H2,52,54,55). The number of nitrogens with one attached hydrogen (secondary N) is 1. The second-order valence-corrected chi connectivity index (χ2v) is 18.8. The maximum Gasteiger partial charge on any atom is 0.320 e. The molecule has 4 amide bonds. The molecule has 5 aromatic rings. The number of likely N-dealkylation sites (N-methyl/N-ethyl adjacent to an activating group) is 1. The minimum Gasteiger partial charge on any atom is -0.457 e. The number of piperazine rings is 1. The molecule has 4 fully saturated rings. The van der Waals surface area contributed by atoms with E-state index < -0.39 is 6.04 Å². The zero-order chi connectivity index (χ0) is 46.7. The van der Waals surface area contributed by atoms with Gasteiger partial charge in [0.25, 0.3) is 5.91 Å². The summed E-state index contributed by atoms with van der Waals surface area (Å²) in [6.07, 6.45) is 8.78. The van der Waals surface area contributed by atoms with Gasteiger partial charge < -0.3 is 45.1 Å². The summed E-state index contributed by atoms with van der Waals surface area (Å²) in [5, 5.41) is 8.57. The molecule has 5 aliphatic rings. The molecule has 356 valence electrons. The Labute approximate surface area is 397 Å². The van der Waals surface area contributed by atoms with E-state index in [1.54, 1.807) is 11.9 Å². The fourth-order valence-electron chi connectivity index (χ4n) is 11.2. The number of likely N-dealkylation sites (tertiary alicyclic amines) is 2. The molecule has 1 unspecified atom stereocenters. The number of ether oxygens (including phenoxy) is 1. The normalized spacial score (nSPS) is 19.6. The number of hydrogen-bond donors (Lipinski definition) is 2. The number of aromatic nitrogens is 4. The summed E-state index contributed by atoms with van der Waals surface area (Å²) >= 11 is 0. The van der Waals surface area contributed by atoms with E-state index in [0.29, 0.717) is 36.4 Å². The van der Waals surface area contributed by atoms with Crippen LogP contribution < -0.4 is 20.7 Å². The molecule has 7 heterocycles. The third-order valence-corrected chi connectivity index (χ3v) is 15.1. The molecular formula is C51H62N12O5. The van der Waals surface area contributed by atoms with Crippen LogP contribution in [0.2, 0.25) is 0 Å². The molecular weight excluding hydrogens is 861 g/mol. The van der Waals surface area contributed by atoms with Gasteiger partial charge in [-0.2, -0.15) is 5.10 Å². The number of urea groups is 1. The number of carbonyl (C=O) groups excluding carboxylic acids is 4. The van der Waals surface area contributed by atoms with Crippen molar-refractivity contribution in [3.05, 3.63) is 90.3 Å². The number of nitrogens with zero attached hydrogens (tertiary/aromatic N) is 10. The SMILES string of the molecule is CNC(=O)C(CCC=O)N1Cc2cc(N3CCC(N4CCN(C(=O)N5CCC(N6CCC(n7nc(-c8ccc(Oc9ccccc9)cc8)c8c(N)ncnc87)CC6)CC5)CC4)CC3)ccc2C1=O. The van der Waals surface area contributed by atoms with Gasteiger partial charge in [0.15, 0.2) is 5.65 Å². The highest BCUT2D eigenvalue weighted by Crippen LogP contribution is 2.37. The molecule has 5 aliphatic heterocycles. The van der Waals surface area contributed by atoms with Crippen LogP contribution in [0.15, 0.2) is 79.1 Å². The van der Waals surface area contributed by atoms with E-state index in [9.17, 15) is 19.2 Å². The van der Waals surface area contributed by atoms with Gasteiger partial charge in [0.2, 0.25) is 5.91 Å². The van der Waals surface area contributed by atoms with Crippen LogP contribution in [0.25, 0.3) is 22.3 Å². The predicted octanol–water partition coefficient (Wildman–Crippen LogP) is 5.43. The van der Waals surface area contributed by atoms with Crippen molar-refractivity contribution in [3.63, 3.8) is 0 Å². The van der Waals surface area contributed by atoms with E-state index >= 15 is 0 Å². The minimum atomic E-state index is -0.671. The maximum absolute atomic E-state index is 13.8. The Balaban J connectivity index is 0.670. The second-order valence-electron chi connectivity index (χ2n) is 18.8. The first-order chi connectivity index (χ1) is 33.3. The molecule has 17 heteroatoms. The number of piperidine rings is 3. The number of rotatable bonds is 12. The van der Waals surface area contributed by atoms with E-state index in [2.05, 4.69) is 50.5 Å². The van der Waals surface area contributed by atoms with Crippen molar-refractivity contribution in [3.8, 4) is 22.8 Å². The summed E-state index contributed by atoms with van der Waals surface area (Å²) in [4.78, 5) is 73.1. The zero-order valence-corrected chi connectivity index (χ0v) is 38.9. The highest BCUT2D eigenvalue weighted by molar-refractivity contribution is 6.01. The van der Waals surface area contributed by atoms with Crippen LogP contribution in [0.5, 0.6) is 11.5 Å². The Morgan fingerprint density at radius 1 is 0.779 bits per heavy atom. The van der Waals surface area contributed by atoms with Gasteiger partial charge >= 0.3 is 6.03 Å². The highest BCUT2D eigenvalue weighted by Gasteiger charge is 2.38. The fourth-order valence-corrected chi connectivity index (χ4v) is 11.2. The number of carbonyl (C=O) groups is 4. The van der Waals surface area contributed by atoms with Crippen LogP contribution >= 0.6 is 0 Å². The monoisotopic (exact) mass is 922 g/mol. The van der Waals surface area contributed by atoms with Gasteiger partial charge in [-0.05, 0) is 105 Å². The average molecular weight is 923 g/mol. The first-order valence-electron chi connectivity index (χ1n) is 24.4. The van der Waals surface area contributed by atoms with Crippen LogP contribution in [0, 0.1) is 0 Å². The molecule has 1 atom stereocenters. The lowest BCUT2D eigenvalue weighted by molar-refractivity contribution is -0.125. The van der Waals surface area contributed by atoms with Crippen molar-refractivity contribution in [1.29, 1.82) is 0 Å². The number of benzene rings is 3. The van der Waals surface area contributed by atoms with Crippen LogP contribution in [-0.4, -0.2) is 159 Å². The minimum absolute atomic E-state index is 0.160. The zero-order valence-electron chi connectivity index (χ0n) is 38.9. The van der Waals surface area contributed by atoms with Crippen LogP contribution in [0.4, 0.5) is 16.3 Å². The van der Waals surface area contributed by atoms with Gasteiger partial charge in [0.05, 0.1) is 11.4 Å². The number of fused-ring (bicyclic) bond motifs is 2. The number of amides is 4. The molecule has 68 heavy (non-hydrogen) atoms. The second kappa shape index (κ2) is 19.9. The van der Waals surface area contributed by atoms with E-state index in [1.165, 1.54) is 6.33 Å². The van der Waals surface area contributed by atoms with Crippen molar-refractivity contribution in [2.75, 3.05) is 83.1 Å². The van der Waals surface area contributed by atoms with E-state index in [1.807, 2.05) is 66.7 Å². The molecule has 17 nitrogen and oxygen atoms in total. The Kier molecular flexibility index (Phi) is 13.3. The van der Waals surface area contributed by atoms with Gasteiger partial charge in [-0.3, -0.25) is 14.5 Å². The predicted molar refractivity (Wildman–Crippen MR) is 259 cm³/mol. The topological polar surface area (TPSA) is 179 Å². The Hall–Kier alpha value is -6.59. The molecule has 0 saturated carbocycles. The van der Waals surface area contributed by atoms with E-state index in [-0.39, 0.29) is 30.3 Å². The summed E-state index contributed by atoms with van der Waals surface area (Å²) in [6.45, 7) is 8.96. The Morgan fingerprint density at radius 3 is 2.12 bits per heavy atom. The van der Waals surface area contributed by atoms with Crippen molar-refractivity contribution in [1.82, 2.24) is 49.6 Å². The van der Waals surface area contributed by atoms with Crippen LogP contribution in [0.3, 0.4) is 0 Å². The fraction of sp³-hybridized carbons (Fsp3) is 0.471. The lowest BCUT2D eigenvalue weighted by Crippen LogP contribution is -2.58. The summed E-state index contributed by atoms with van der Waals surface area (Å²) < 4.78 is 8.10. The number of para-hydroxylation sites is 1. The van der Waals surface area contributed by atoms with Crippen LogP contribution in [0.1, 0.15) is 73.3 Å². The number of anilines is 2. The molecule has 3 N–H and O–H groups in total. The molecule has 4 saturated heterocycles. The Bertz CT molecular complexity index is 2590. The van der Waals surface area contributed by atoms with Gasteiger partial charge in [-0.1, -0.05) is 18.2 Å². The third-order valence-electron chi connectivity index (χ3n) is 15.1. The third kappa shape index (κ3) is 9.20. The van der Waals surface area contributed by atoms with Gasteiger partial charge in [-0.15, -0.1) is 0 Å². The smallest absolute Gasteiger partial charge is 0.320 e. The largest absolute Gasteiger partial charge is 0.457 e. The quantitative estimate of drug-likeness (QED) is 0.152. The lowest BCUT2D eigenvalue weighted by atomic mass is 9.98. The van der Waals surface area contributed by atoms with Gasteiger partial charge in [-0.25, -0.2) is 19.4 Å². The van der Waals surface area contributed by atoms with Crippen LogP contribution in [-0.2, 0) is 16.1 Å². The summed E-state index contributed by atoms with van der Waals surface area (Å²) in [7, 11) is 1.56. The molecule has 0 radical (unpaired) electrons. The van der Waals surface area contributed by atoms with Crippen molar-refractivity contribution in [2.45, 2.75) is 82.1 Å². The maximum atomic E-state index is 13.8. The molecule has 0 bridgehead atoms. The average Bonchev–Trinajstić information content (AvgIpc) is 3.95. The number of aldehydes is 1. The molecule has 10 rings (SSSR count). The summed E-state index contributed by atoms with van der Waals surface area (Å²) in [6, 6.07) is 24.3. The lowest BCUT2D eigenvalue weighted by Gasteiger charge is -2.45. The molecule has 0 spiro atoms. The number of nitrogens with two attached hydrogens (primary N) is 1. The summed E-state index contributed by atoms with van der Waals surface area (Å²) in [5.41, 5.74) is 11.6. The van der Waals surface area contributed by atoms with Gasteiger partial charge in [0.1, 0.15) is 41.7 Å². The van der Waals surface area contributed by atoms with Crippen molar-refractivity contribution < 1.29 is 23.9 Å². The van der Waals surface area contributed by atoms with E-state index in [0.717, 1.165) is 155 Å². The van der Waals surface area contributed by atoms with Gasteiger partial charge in [0, 0.05) is 114 Å². The molecule has 0 aliphatic carbocycles. The van der Waals surface area contributed by atoms with E-state index in [4.69, 9.17) is 15.6 Å². The first kappa shape index (κ1) is 45.2. The number of nitrogen functional groups attached to an aromatic ring is 1. The van der Waals surface area contributed by atoms with Crippen molar-refractivity contribution in [2.24, 2.45) is 0 Å². The summed E-state index contributed by atoms with van der Waals surface area (Å²) in [5.74, 6) is 1.54. The molecule has 3 aromatic carbocycles. The first-order valence-corrected chi connectivity index (χ1v) is 24.4.